The van der Waals surface area contributed by atoms with Gasteiger partial charge in [-0.3, -0.25) is 25.7 Å². The van der Waals surface area contributed by atoms with Gasteiger partial charge in [0.25, 0.3) is 11.4 Å². The molecule has 0 bridgehead atoms. The van der Waals surface area contributed by atoms with Crippen LogP contribution in [0.5, 0.6) is 0 Å². The number of nitro benzene ring substituents is 2. The minimum atomic E-state index is -0.535. The Balaban J connectivity index is 2.09. The van der Waals surface area contributed by atoms with Crippen LogP contribution in [0.25, 0.3) is 0 Å². The first-order valence-electron chi connectivity index (χ1n) is 5.72. The number of non-ortho nitro benzene ring substituents is 2. The van der Waals surface area contributed by atoms with Crippen LogP contribution in [0.2, 0.25) is 0 Å². The zero-order valence-electron chi connectivity index (χ0n) is 10.5. The summed E-state index contributed by atoms with van der Waals surface area (Å²) >= 11 is 0. The predicted octanol–water partition coefficient (Wildman–Crippen LogP) is 3.61. The summed E-state index contributed by atoms with van der Waals surface area (Å²) < 4.78 is 0. The minimum Gasteiger partial charge on any atom is -0.260 e. The van der Waals surface area contributed by atoms with Crippen molar-refractivity contribution in [3.8, 4) is 0 Å². The summed E-state index contributed by atoms with van der Waals surface area (Å²) in [5, 5.41) is 28.6. The number of nitro groups is 2. The first-order valence-corrected chi connectivity index (χ1v) is 5.72. The fourth-order valence-corrected chi connectivity index (χ4v) is 1.50. The standard InChI is InChI=1S/C12H9N5O4/c18-16(19)11-5-1-3-9(7-11)13-15-14-10-4-2-6-12(8-10)17(20)21/h1-8H,(H,13,14). The molecule has 21 heavy (non-hydrogen) atoms. The SMILES string of the molecule is O=[N+]([O-])c1cccc(N=NNc2cccc([N+](=O)[O-])c2)c1. The lowest BCUT2D eigenvalue weighted by molar-refractivity contribution is -0.385. The van der Waals surface area contributed by atoms with E-state index >= 15 is 0 Å². The van der Waals surface area contributed by atoms with Gasteiger partial charge in [0.15, 0.2) is 0 Å². The maximum Gasteiger partial charge on any atom is 0.271 e. The molecule has 0 saturated heterocycles. The van der Waals surface area contributed by atoms with Gasteiger partial charge in [-0.15, -0.1) is 5.11 Å². The molecular formula is C12H9N5O4. The molecule has 0 aliphatic carbocycles. The van der Waals surface area contributed by atoms with E-state index < -0.39 is 9.85 Å². The number of rotatable bonds is 5. The van der Waals surface area contributed by atoms with Crippen molar-refractivity contribution in [3.05, 3.63) is 68.8 Å². The molecule has 0 spiro atoms. The summed E-state index contributed by atoms with van der Waals surface area (Å²) in [6.45, 7) is 0. The summed E-state index contributed by atoms with van der Waals surface area (Å²) in [5.74, 6) is 0. The Labute approximate surface area is 118 Å². The highest BCUT2D eigenvalue weighted by molar-refractivity contribution is 5.50. The van der Waals surface area contributed by atoms with E-state index in [0.717, 1.165) is 0 Å². The third kappa shape index (κ3) is 3.80. The largest absolute Gasteiger partial charge is 0.271 e. The fourth-order valence-electron chi connectivity index (χ4n) is 1.50. The zero-order chi connectivity index (χ0) is 15.2. The summed E-state index contributed by atoms with van der Waals surface area (Å²) in [5.41, 5.74) is 3.03. The Morgan fingerprint density at radius 1 is 0.905 bits per heavy atom. The number of nitrogens with one attached hydrogen (secondary N) is 1. The quantitative estimate of drug-likeness (QED) is 0.511. The van der Waals surface area contributed by atoms with Crippen molar-refractivity contribution in [2.24, 2.45) is 10.3 Å². The van der Waals surface area contributed by atoms with Crippen LogP contribution in [-0.4, -0.2) is 9.85 Å². The van der Waals surface area contributed by atoms with Gasteiger partial charge in [0.2, 0.25) is 0 Å². The third-order valence-corrected chi connectivity index (χ3v) is 2.44. The molecule has 0 amide bonds. The highest BCUT2D eigenvalue weighted by Crippen LogP contribution is 2.21. The highest BCUT2D eigenvalue weighted by Gasteiger charge is 2.06. The molecule has 2 rings (SSSR count). The van der Waals surface area contributed by atoms with Gasteiger partial charge in [-0.2, -0.15) is 0 Å². The second-order valence-electron chi connectivity index (χ2n) is 3.90. The van der Waals surface area contributed by atoms with Crippen molar-refractivity contribution < 1.29 is 9.85 Å². The maximum absolute atomic E-state index is 10.6. The van der Waals surface area contributed by atoms with Crippen LogP contribution >= 0.6 is 0 Å². The molecular weight excluding hydrogens is 278 g/mol. The van der Waals surface area contributed by atoms with E-state index in [1.807, 2.05) is 0 Å². The second kappa shape index (κ2) is 6.19. The van der Waals surface area contributed by atoms with Crippen molar-refractivity contribution in [2.45, 2.75) is 0 Å². The Hall–Kier alpha value is -3.36. The summed E-state index contributed by atoms with van der Waals surface area (Å²) in [7, 11) is 0. The molecule has 0 aromatic heterocycles. The summed E-state index contributed by atoms with van der Waals surface area (Å²) in [4.78, 5) is 20.2. The lowest BCUT2D eigenvalue weighted by Crippen LogP contribution is -1.91. The molecule has 0 saturated carbocycles. The first-order chi connectivity index (χ1) is 10.1. The van der Waals surface area contributed by atoms with Crippen molar-refractivity contribution in [1.82, 2.24) is 0 Å². The molecule has 2 aromatic carbocycles. The molecule has 0 aliphatic rings. The van der Waals surface area contributed by atoms with Gasteiger partial charge in [0, 0.05) is 24.3 Å². The van der Waals surface area contributed by atoms with Crippen LogP contribution in [-0.2, 0) is 0 Å². The molecule has 0 atom stereocenters. The number of nitrogens with zero attached hydrogens (tertiary/aromatic N) is 4. The van der Waals surface area contributed by atoms with Gasteiger partial charge >= 0.3 is 0 Å². The van der Waals surface area contributed by atoms with Crippen LogP contribution in [0.3, 0.4) is 0 Å². The molecule has 0 aliphatic heterocycles. The van der Waals surface area contributed by atoms with Gasteiger partial charge in [0.05, 0.1) is 21.2 Å². The molecule has 9 nitrogen and oxygen atoms in total. The van der Waals surface area contributed by atoms with E-state index in [2.05, 4.69) is 15.8 Å². The molecule has 106 valence electrons. The van der Waals surface area contributed by atoms with Crippen molar-refractivity contribution in [3.63, 3.8) is 0 Å². The van der Waals surface area contributed by atoms with Gasteiger partial charge < -0.3 is 0 Å². The molecule has 2 aromatic rings. The lowest BCUT2D eigenvalue weighted by atomic mass is 10.3. The van der Waals surface area contributed by atoms with Crippen LogP contribution in [0.4, 0.5) is 22.7 Å². The monoisotopic (exact) mass is 287 g/mol. The van der Waals surface area contributed by atoms with Gasteiger partial charge in [-0.25, -0.2) is 0 Å². The van der Waals surface area contributed by atoms with E-state index in [1.165, 1.54) is 36.4 Å². The van der Waals surface area contributed by atoms with E-state index in [0.29, 0.717) is 11.4 Å². The van der Waals surface area contributed by atoms with Crippen molar-refractivity contribution >= 4 is 22.7 Å². The lowest BCUT2D eigenvalue weighted by Gasteiger charge is -1.98. The number of hydrogen-bond acceptors (Lipinski definition) is 6. The molecule has 9 heteroatoms. The molecule has 0 fully saturated rings. The van der Waals surface area contributed by atoms with Gasteiger partial charge in [0.1, 0.15) is 0 Å². The summed E-state index contributed by atoms with van der Waals surface area (Å²) in [6, 6.07) is 11.4. The zero-order valence-corrected chi connectivity index (χ0v) is 10.5. The van der Waals surface area contributed by atoms with Crippen LogP contribution < -0.4 is 5.43 Å². The van der Waals surface area contributed by atoms with Crippen molar-refractivity contribution in [2.75, 3.05) is 5.43 Å². The number of anilines is 1. The van der Waals surface area contributed by atoms with Gasteiger partial charge in [-0.05, 0) is 12.1 Å². The normalized spacial score (nSPS) is 10.5. The summed E-state index contributed by atoms with van der Waals surface area (Å²) in [6.07, 6.45) is 0. The second-order valence-corrected chi connectivity index (χ2v) is 3.90. The number of benzene rings is 2. The topological polar surface area (TPSA) is 123 Å². The molecule has 1 N–H and O–H groups in total. The first kappa shape index (κ1) is 14.1. The predicted molar refractivity (Wildman–Crippen MR) is 74.3 cm³/mol. The Kier molecular flexibility index (Phi) is 4.14. The average Bonchev–Trinajstić information content (AvgIpc) is 2.48. The fraction of sp³-hybridized carbons (Fsp3) is 0. The van der Waals surface area contributed by atoms with E-state index in [-0.39, 0.29) is 11.4 Å². The Morgan fingerprint density at radius 2 is 1.52 bits per heavy atom. The molecule has 0 radical (unpaired) electrons. The third-order valence-electron chi connectivity index (χ3n) is 2.44. The van der Waals surface area contributed by atoms with Crippen LogP contribution in [0.15, 0.2) is 58.9 Å². The van der Waals surface area contributed by atoms with Crippen molar-refractivity contribution in [1.29, 1.82) is 0 Å². The van der Waals surface area contributed by atoms with E-state index in [1.54, 1.807) is 12.1 Å². The maximum atomic E-state index is 10.6. The smallest absolute Gasteiger partial charge is 0.260 e. The Morgan fingerprint density at radius 3 is 2.19 bits per heavy atom. The minimum absolute atomic E-state index is 0.0782. The van der Waals surface area contributed by atoms with E-state index in [4.69, 9.17) is 0 Å². The number of hydrogen-bond donors (Lipinski definition) is 1. The highest BCUT2D eigenvalue weighted by atomic mass is 16.6. The molecule has 0 unspecified atom stereocenters. The van der Waals surface area contributed by atoms with Crippen LogP contribution in [0, 0.1) is 20.2 Å². The molecule has 0 heterocycles. The van der Waals surface area contributed by atoms with Crippen LogP contribution in [0.1, 0.15) is 0 Å². The van der Waals surface area contributed by atoms with Gasteiger partial charge in [-0.1, -0.05) is 17.4 Å². The average molecular weight is 287 g/mol. The van der Waals surface area contributed by atoms with E-state index in [9.17, 15) is 20.2 Å². The Bertz CT molecular complexity index is 716.